The minimum atomic E-state index is -0.294. The molecule has 4 nitrogen and oxygen atoms in total. The molecule has 1 fully saturated rings. The molecule has 0 aliphatic heterocycles. The summed E-state index contributed by atoms with van der Waals surface area (Å²) in [6.07, 6.45) is 4.95. The largest absolute Gasteiger partial charge is 0.393 e. The second-order valence-corrected chi connectivity index (χ2v) is 5.05. The summed E-state index contributed by atoms with van der Waals surface area (Å²) in [6, 6.07) is 4.77. The molecule has 3 rings (SSSR count). The fourth-order valence-electron chi connectivity index (χ4n) is 2.47. The van der Waals surface area contributed by atoms with Gasteiger partial charge in [0.2, 0.25) is 5.95 Å². The van der Waals surface area contributed by atoms with Gasteiger partial charge in [0.25, 0.3) is 0 Å². The van der Waals surface area contributed by atoms with Crippen LogP contribution in [-0.4, -0.2) is 27.2 Å². The van der Waals surface area contributed by atoms with Gasteiger partial charge in [0, 0.05) is 23.7 Å². The number of aliphatic hydroxyl groups excluding tert-OH is 1. The number of halogens is 1. The van der Waals surface area contributed by atoms with E-state index in [4.69, 9.17) is 0 Å². The zero-order valence-corrected chi connectivity index (χ0v) is 10.5. The Morgan fingerprint density at radius 3 is 2.79 bits per heavy atom. The minimum absolute atomic E-state index is 0.176. The molecule has 1 aliphatic rings. The van der Waals surface area contributed by atoms with Crippen LogP contribution in [0.3, 0.4) is 0 Å². The second-order valence-electron chi connectivity index (χ2n) is 5.05. The van der Waals surface area contributed by atoms with Crippen molar-refractivity contribution in [3.8, 4) is 0 Å². The van der Waals surface area contributed by atoms with E-state index in [1.165, 1.54) is 12.1 Å². The molecule has 0 unspecified atom stereocenters. The van der Waals surface area contributed by atoms with Crippen molar-refractivity contribution in [2.24, 2.45) is 0 Å². The highest BCUT2D eigenvalue weighted by Crippen LogP contribution is 2.21. The summed E-state index contributed by atoms with van der Waals surface area (Å²) in [4.78, 5) is 8.57. The molecule has 0 bridgehead atoms. The molecule has 0 saturated heterocycles. The summed E-state index contributed by atoms with van der Waals surface area (Å²) in [5, 5.41) is 13.5. The van der Waals surface area contributed by atoms with Crippen LogP contribution in [0.25, 0.3) is 10.9 Å². The van der Waals surface area contributed by atoms with Crippen molar-refractivity contribution in [3.63, 3.8) is 0 Å². The standard InChI is InChI=1S/C14H16FN3O/c15-10-2-1-9-8-16-14(18-13(9)7-10)17-11-3-5-12(19)6-4-11/h1-2,7-8,11-12,19H,3-6H2,(H,16,17,18)/t11-,12-. The predicted molar refractivity (Wildman–Crippen MR) is 71.4 cm³/mol. The molecule has 1 aromatic heterocycles. The van der Waals surface area contributed by atoms with Gasteiger partial charge < -0.3 is 10.4 Å². The number of anilines is 1. The Morgan fingerprint density at radius 2 is 2.00 bits per heavy atom. The van der Waals surface area contributed by atoms with Crippen LogP contribution < -0.4 is 5.32 Å². The van der Waals surface area contributed by atoms with Gasteiger partial charge in [-0.05, 0) is 37.8 Å². The average Bonchev–Trinajstić information content (AvgIpc) is 2.41. The Kier molecular flexibility index (Phi) is 3.29. The maximum atomic E-state index is 13.2. The monoisotopic (exact) mass is 261 g/mol. The van der Waals surface area contributed by atoms with E-state index in [2.05, 4.69) is 15.3 Å². The molecule has 0 spiro atoms. The summed E-state index contributed by atoms with van der Waals surface area (Å²) >= 11 is 0. The molecule has 1 aliphatic carbocycles. The third kappa shape index (κ3) is 2.81. The van der Waals surface area contributed by atoms with Crippen molar-refractivity contribution in [1.29, 1.82) is 0 Å². The highest BCUT2D eigenvalue weighted by atomic mass is 19.1. The van der Waals surface area contributed by atoms with Gasteiger partial charge >= 0.3 is 0 Å². The molecule has 2 aromatic rings. The first-order valence-corrected chi connectivity index (χ1v) is 6.57. The Hall–Kier alpha value is -1.75. The molecular weight excluding hydrogens is 245 g/mol. The lowest BCUT2D eigenvalue weighted by atomic mass is 9.93. The van der Waals surface area contributed by atoms with Gasteiger partial charge in [-0.1, -0.05) is 0 Å². The molecule has 19 heavy (non-hydrogen) atoms. The third-order valence-corrected chi connectivity index (χ3v) is 3.57. The normalized spacial score (nSPS) is 23.5. The van der Waals surface area contributed by atoms with E-state index < -0.39 is 0 Å². The molecule has 2 N–H and O–H groups in total. The fourth-order valence-corrected chi connectivity index (χ4v) is 2.47. The second kappa shape index (κ2) is 5.09. The lowest BCUT2D eigenvalue weighted by Gasteiger charge is -2.26. The summed E-state index contributed by atoms with van der Waals surface area (Å²) in [6.45, 7) is 0. The maximum absolute atomic E-state index is 13.2. The van der Waals surface area contributed by atoms with E-state index in [1.807, 2.05) is 0 Å². The average molecular weight is 261 g/mol. The van der Waals surface area contributed by atoms with E-state index >= 15 is 0 Å². The lowest BCUT2D eigenvalue weighted by molar-refractivity contribution is 0.126. The van der Waals surface area contributed by atoms with Crippen LogP contribution in [0.15, 0.2) is 24.4 Å². The van der Waals surface area contributed by atoms with Crippen molar-refractivity contribution < 1.29 is 9.50 Å². The summed E-state index contributed by atoms with van der Waals surface area (Å²) in [5.74, 6) is 0.234. The van der Waals surface area contributed by atoms with E-state index in [0.717, 1.165) is 31.1 Å². The van der Waals surface area contributed by atoms with Crippen LogP contribution in [0.5, 0.6) is 0 Å². The summed E-state index contributed by atoms with van der Waals surface area (Å²) in [7, 11) is 0. The molecule has 1 heterocycles. The zero-order valence-electron chi connectivity index (χ0n) is 10.5. The molecular formula is C14H16FN3O. The quantitative estimate of drug-likeness (QED) is 0.872. The first-order chi connectivity index (χ1) is 9.20. The molecule has 0 radical (unpaired) electrons. The first kappa shape index (κ1) is 12.3. The van der Waals surface area contributed by atoms with Crippen LogP contribution in [0.2, 0.25) is 0 Å². The number of nitrogens with zero attached hydrogens (tertiary/aromatic N) is 2. The lowest BCUT2D eigenvalue weighted by Crippen LogP contribution is -2.28. The SMILES string of the molecule is O[C@H]1CC[C@H](Nc2ncc3ccc(F)cc3n2)CC1. The number of aliphatic hydroxyl groups is 1. The van der Waals surface area contributed by atoms with Crippen LogP contribution in [-0.2, 0) is 0 Å². The van der Waals surface area contributed by atoms with Gasteiger partial charge in [-0.15, -0.1) is 0 Å². The van der Waals surface area contributed by atoms with Gasteiger partial charge in [-0.3, -0.25) is 0 Å². The fraction of sp³-hybridized carbons (Fsp3) is 0.429. The molecule has 0 amide bonds. The van der Waals surface area contributed by atoms with E-state index in [9.17, 15) is 9.50 Å². The number of hydrogen-bond donors (Lipinski definition) is 2. The van der Waals surface area contributed by atoms with Crippen molar-refractivity contribution in [2.45, 2.75) is 37.8 Å². The predicted octanol–water partition coefficient (Wildman–Crippen LogP) is 2.48. The highest BCUT2D eigenvalue weighted by molar-refractivity contribution is 5.78. The number of hydrogen-bond acceptors (Lipinski definition) is 4. The van der Waals surface area contributed by atoms with Crippen LogP contribution in [0.4, 0.5) is 10.3 Å². The Morgan fingerprint density at radius 1 is 1.21 bits per heavy atom. The summed E-state index contributed by atoms with van der Waals surface area (Å²) in [5.41, 5.74) is 0.605. The van der Waals surface area contributed by atoms with Crippen LogP contribution in [0, 0.1) is 5.82 Å². The third-order valence-electron chi connectivity index (χ3n) is 3.57. The number of fused-ring (bicyclic) bond motifs is 1. The Balaban J connectivity index is 1.77. The van der Waals surface area contributed by atoms with Gasteiger partial charge in [0.15, 0.2) is 0 Å². The summed E-state index contributed by atoms with van der Waals surface area (Å²) < 4.78 is 13.2. The van der Waals surface area contributed by atoms with Crippen molar-refractivity contribution >= 4 is 16.9 Å². The van der Waals surface area contributed by atoms with Crippen molar-refractivity contribution in [1.82, 2.24) is 9.97 Å². The Labute approximate surface area is 110 Å². The van der Waals surface area contributed by atoms with Gasteiger partial charge in [0.1, 0.15) is 5.82 Å². The molecule has 5 heteroatoms. The van der Waals surface area contributed by atoms with Crippen molar-refractivity contribution in [3.05, 3.63) is 30.2 Å². The molecule has 1 aromatic carbocycles. The Bertz CT molecular complexity index is 582. The number of rotatable bonds is 2. The number of aromatic nitrogens is 2. The van der Waals surface area contributed by atoms with Crippen LogP contribution in [0.1, 0.15) is 25.7 Å². The smallest absolute Gasteiger partial charge is 0.223 e. The van der Waals surface area contributed by atoms with E-state index in [0.29, 0.717) is 11.5 Å². The molecule has 0 atom stereocenters. The van der Waals surface area contributed by atoms with Crippen LogP contribution >= 0.6 is 0 Å². The van der Waals surface area contributed by atoms with E-state index in [-0.39, 0.29) is 18.0 Å². The van der Waals surface area contributed by atoms with E-state index in [1.54, 1.807) is 12.3 Å². The number of nitrogens with one attached hydrogen (secondary N) is 1. The minimum Gasteiger partial charge on any atom is -0.393 e. The zero-order chi connectivity index (χ0) is 13.2. The topological polar surface area (TPSA) is 58.0 Å². The highest BCUT2D eigenvalue weighted by Gasteiger charge is 2.19. The molecule has 1 saturated carbocycles. The first-order valence-electron chi connectivity index (χ1n) is 6.57. The van der Waals surface area contributed by atoms with Gasteiger partial charge in [-0.2, -0.15) is 0 Å². The number of benzene rings is 1. The molecule has 100 valence electrons. The maximum Gasteiger partial charge on any atom is 0.223 e. The van der Waals surface area contributed by atoms with Gasteiger partial charge in [-0.25, -0.2) is 14.4 Å². The van der Waals surface area contributed by atoms with Crippen molar-refractivity contribution in [2.75, 3.05) is 5.32 Å². The van der Waals surface area contributed by atoms with Gasteiger partial charge in [0.05, 0.1) is 11.6 Å².